The van der Waals surface area contributed by atoms with Gasteiger partial charge in [0.2, 0.25) is 0 Å². The number of esters is 1. The predicted molar refractivity (Wildman–Crippen MR) is 81.4 cm³/mol. The number of ether oxygens (including phenoxy) is 1. The van der Waals surface area contributed by atoms with Crippen LogP contribution in [0.1, 0.15) is 36.5 Å². The fourth-order valence-corrected chi connectivity index (χ4v) is 2.59. The van der Waals surface area contributed by atoms with Crippen LogP contribution in [0.4, 0.5) is 10.5 Å². The van der Waals surface area contributed by atoms with Gasteiger partial charge in [-0.25, -0.2) is 9.59 Å². The molecule has 1 N–H and O–H groups in total. The second-order valence-corrected chi connectivity index (χ2v) is 5.36. The second kappa shape index (κ2) is 7.11. The molecule has 1 fully saturated rings. The van der Waals surface area contributed by atoms with Crippen molar-refractivity contribution in [1.82, 2.24) is 4.90 Å². The third-order valence-corrected chi connectivity index (χ3v) is 3.94. The van der Waals surface area contributed by atoms with E-state index in [2.05, 4.69) is 17.0 Å². The third kappa shape index (κ3) is 3.97. The molecule has 1 heterocycles. The van der Waals surface area contributed by atoms with Crippen LogP contribution in [0, 0.1) is 5.92 Å². The number of amides is 2. The summed E-state index contributed by atoms with van der Waals surface area (Å²) in [5.41, 5.74) is 1.16. The maximum atomic E-state index is 12.2. The Hall–Kier alpha value is -2.04. The summed E-state index contributed by atoms with van der Waals surface area (Å²) in [6, 6.07) is 6.65. The minimum atomic E-state index is -0.380. The molecule has 1 atom stereocenters. The highest BCUT2D eigenvalue weighted by molar-refractivity contribution is 5.92. The van der Waals surface area contributed by atoms with Gasteiger partial charge in [-0.1, -0.05) is 13.3 Å². The molecule has 0 radical (unpaired) electrons. The topological polar surface area (TPSA) is 58.6 Å². The largest absolute Gasteiger partial charge is 0.465 e. The Morgan fingerprint density at radius 2 is 2.05 bits per heavy atom. The van der Waals surface area contributed by atoms with E-state index in [9.17, 15) is 9.59 Å². The number of urea groups is 1. The fourth-order valence-electron chi connectivity index (χ4n) is 2.59. The lowest BCUT2D eigenvalue weighted by Gasteiger charge is -2.32. The molecule has 1 aliphatic rings. The number of hydrogen-bond donors (Lipinski definition) is 1. The molecule has 21 heavy (non-hydrogen) atoms. The number of methoxy groups -OCH3 is 1. The van der Waals surface area contributed by atoms with Gasteiger partial charge in [-0.3, -0.25) is 0 Å². The van der Waals surface area contributed by atoms with E-state index in [0.29, 0.717) is 17.2 Å². The van der Waals surface area contributed by atoms with E-state index in [1.807, 2.05) is 4.90 Å². The molecule has 0 aromatic heterocycles. The number of carbonyl (C=O) groups is 2. The number of benzene rings is 1. The Balaban J connectivity index is 1.94. The van der Waals surface area contributed by atoms with Crippen LogP contribution in [0.5, 0.6) is 0 Å². The molecule has 2 amide bonds. The fraction of sp³-hybridized carbons (Fsp3) is 0.500. The van der Waals surface area contributed by atoms with Crippen molar-refractivity contribution in [1.29, 1.82) is 0 Å². The number of piperidine rings is 1. The van der Waals surface area contributed by atoms with Crippen LogP contribution < -0.4 is 5.32 Å². The molecule has 5 nitrogen and oxygen atoms in total. The number of anilines is 1. The Labute approximate surface area is 125 Å². The molecule has 0 bridgehead atoms. The highest BCUT2D eigenvalue weighted by atomic mass is 16.5. The summed E-state index contributed by atoms with van der Waals surface area (Å²) in [5.74, 6) is 0.223. The van der Waals surface area contributed by atoms with Crippen molar-refractivity contribution in [2.45, 2.75) is 26.2 Å². The summed E-state index contributed by atoms with van der Waals surface area (Å²) < 4.78 is 4.64. The van der Waals surface area contributed by atoms with Gasteiger partial charge in [0.15, 0.2) is 0 Å². The van der Waals surface area contributed by atoms with Crippen LogP contribution in [0.15, 0.2) is 24.3 Å². The van der Waals surface area contributed by atoms with Gasteiger partial charge in [0.1, 0.15) is 0 Å². The molecule has 1 aliphatic heterocycles. The molecule has 0 aliphatic carbocycles. The van der Waals surface area contributed by atoms with Crippen LogP contribution in [0.3, 0.4) is 0 Å². The summed E-state index contributed by atoms with van der Waals surface area (Å²) in [5, 5.41) is 2.88. The minimum absolute atomic E-state index is 0.0704. The Kier molecular flexibility index (Phi) is 5.20. The first-order valence-electron chi connectivity index (χ1n) is 7.38. The van der Waals surface area contributed by atoms with Crippen molar-refractivity contribution in [3.63, 3.8) is 0 Å². The number of likely N-dealkylation sites (tertiary alicyclic amines) is 1. The maximum absolute atomic E-state index is 12.2. The molecule has 2 rings (SSSR count). The molecule has 5 heteroatoms. The second-order valence-electron chi connectivity index (χ2n) is 5.36. The zero-order chi connectivity index (χ0) is 15.2. The van der Waals surface area contributed by atoms with Gasteiger partial charge in [-0.05, 0) is 43.0 Å². The molecule has 1 aromatic carbocycles. The highest BCUT2D eigenvalue weighted by Crippen LogP contribution is 2.20. The van der Waals surface area contributed by atoms with Crippen molar-refractivity contribution in [2.24, 2.45) is 5.92 Å². The first-order valence-corrected chi connectivity index (χ1v) is 7.38. The van der Waals surface area contributed by atoms with Crippen LogP contribution in [-0.2, 0) is 4.74 Å². The summed E-state index contributed by atoms with van der Waals surface area (Å²) in [4.78, 5) is 25.4. The Bertz CT molecular complexity index is 499. The molecule has 1 aromatic rings. The summed E-state index contributed by atoms with van der Waals surface area (Å²) in [7, 11) is 1.35. The maximum Gasteiger partial charge on any atom is 0.337 e. The molecule has 1 saturated heterocycles. The Morgan fingerprint density at radius 3 is 2.67 bits per heavy atom. The number of hydrogen-bond acceptors (Lipinski definition) is 3. The third-order valence-electron chi connectivity index (χ3n) is 3.94. The zero-order valence-electron chi connectivity index (χ0n) is 12.6. The average Bonchev–Trinajstić information content (AvgIpc) is 2.54. The minimum Gasteiger partial charge on any atom is -0.465 e. The van der Waals surface area contributed by atoms with Crippen molar-refractivity contribution in [2.75, 3.05) is 25.5 Å². The quantitative estimate of drug-likeness (QED) is 0.870. The zero-order valence-corrected chi connectivity index (χ0v) is 12.6. The van der Waals surface area contributed by atoms with Crippen molar-refractivity contribution in [3.05, 3.63) is 29.8 Å². The predicted octanol–water partition coefficient (Wildman–Crippen LogP) is 3.13. The van der Waals surface area contributed by atoms with E-state index in [-0.39, 0.29) is 12.0 Å². The standard InChI is InChI=1S/C16H22N2O3/c1-3-12-5-4-10-18(11-12)16(20)17-14-8-6-13(7-9-14)15(19)21-2/h6-9,12H,3-5,10-11H2,1-2H3,(H,17,20)/t12-/m1/s1. The van der Waals surface area contributed by atoms with E-state index < -0.39 is 0 Å². The summed E-state index contributed by atoms with van der Waals surface area (Å²) in [6.45, 7) is 3.79. The smallest absolute Gasteiger partial charge is 0.337 e. The summed E-state index contributed by atoms with van der Waals surface area (Å²) in [6.07, 6.45) is 3.37. The van der Waals surface area contributed by atoms with Gasteiger partial charge in [-0.15, -0.1) is 0 Å². The van der Waals surface area contributed by atoms with Gasteiger partial charge in [-0.2, -0.15) is 0 Å². The first kappa shape index (κ1) is 15.4. The number of nitrogens with one attached hydrogen (secondary N) is 1. The molecule has 0 unspecified atom stereocenters. The molecule has 0 spiro atoms. The number of nitrogens with zero attached hydrogens (tertiary/aromatic N) is 1. The SMILES string of the molecule is CC[C@@H]1CCCN(C(=O)Nc2ccc(C(=O)OC)cc2)C1. The van der Waals surface area contributed by atoms with Crippen molar-refractivity contribution < 1.29 is 14.3 Å². The van der Waals surface area contributed by atoms with Gasteiger partial charge >= 0.3 is 12.0 Å². The lowest BCUT2D eigenvalue weighted by molar-refractivity contribution is 0.0601. The molecule has 0 saturated carbocycles. The molecular weight excluding hydrogens is 268 g/mol. The van der Waals surface area contributed by atoms with E-state index in [1.165, 1.54) is 13.5 Å². The van der Waals surface area contributed by atoms with Gasteiger partial charge in [0.25, 0.3) is 0 Å². The monoisotopic (exact) mass is 290 g/mol. The normalized spacial score (nSPS) is 18.2. The highest BCUT2D eigenvalue weighted by Gasteiger charge is 2.22. The summed E-state index contributed by atoms with van der Waals surface area (Å²) >= 11 is 0. The van der Waals surface area contributed by atoms with Crippen molar-refractivity contribution >= 4 is 17.7 Å². The lowest BCUT2D eigenvalue weighted by Crippen LogP contribution is -2.42. The van der Waals surface area contributed by atoms with Gasteiger partial charge in [0, 0.05) is 18.8 Å². The lowest BCUT2D eigenvalue weighted by atomic mass is 9.96. The van der Waals surface area contributed by atoms with E-state index >= 15 is 0 Å². The van der Waals surface area contributed by atoms with Crippen LogP contribution in [0.2, 0.25) is 0 Å². The number of carbonyl (C=O) groups excluding carboxylic acids is 2. The van der Waals surface area contributed by atoms with E-state index in [4.69, 9.17) is 0 Å². The van der Waals surface area contributed by atoms with Gasteiger partial charge < -0.3 is 15.0 Å². The van der Waals surface area contributed by atoms with Crippen LogP contribution >= 0.6 is 0 Å². The van der Waals surface area contributed by atoms with Crippen LogP contribution in [0.25, 0.3) is 0 Å². The first-order chi connectivity index (χ1) is 10.1. The van der Waals surface area contributed by atoms with Crippen LogP contribution in [-0.4, -0.2) is 37.1 Å². The number of rotatable bonds is 3. The molecular formula is C16H22N2O3. The molecule has 114 valence electrons. The Morgan fingerprint density at radius 1 is 1.33 bits per heavy atom. The van der Waals surface area contributed by atoms with E-state index in [1.54, 1.807) is 24.3 Å². The average molecular weight is 290 g/mol. The van der Waals surface area contributed by atoms with E-state index in [0.717, 1.165) is 25.9 Å². The van der Waals surface area contributed by atoms with Crippen molar-refractivity contribution in [3.8, 4) is 0 Å². The van der Waals surface area contributed by atoms with Gasteiger partial charge in [0.05, 0.1) is 12.7 Å².